The van der Waals surface area contributed by atoms with Crippen LogP contribution in [0.2, 0.25) is 0 Å². The molecule has 20 heavy (non-hydrogen) atoms. The van der Waals surface area contributed by atoms with Crippen LogP contribution in [0.15, 0.2) is 12.7 Å². The van der Waals surface area contributed by atoms with Crippen LogP contribution in [0.25, 0.3) is 0 Å². The van der Waals surface area contributed by atoms with Gasteiger partial charge in [-0.3, -0.25) is 9.59 Å². The predicted molar refractivity (Wildman–Crippen MR) is 77.7 cm³/mol. The Bertz CT molecular complexity index is 358. The van der Waals surface area contributed by atoms with E-state index in [2.05, 4.69) is 25.3 Å². The van der Waals surface area contributed by atoms with Gasteiger partial charge in [0.05, 0.1) is 19.1 Å². The molecule has 0 heterocycles. The van der Waals surface area contributed by atoms with E-state index in [1.807, 2.05) is 0 Å². The largest absolute Gasteiger partial charge is 0.465 e. The van der Waals surface area contributed by atoms with Crippen molar-refractivity contribution >= 4 is 11.9 Å². The zero-order chi connectivity index (χ0) is 15.4. The van der Waals surface area contributed by atoms with E-state index < -0.39 is 23.8 Å². The molecular weight excluding hydrogens is 256 g/mol. The molecule has 0 aromatic heterocycles. The van der Waals surface area contributed by atoms with Crippen molar-refractivity contribution in [2.75, 3.05) is 13.2 Å². The Morgan fingerprint density at radius 2 is 1.70 bits per heavy atom. The minimum Gasteiger partial charge on any atom is -0.465 e. The smallest absolute Gasteiger partial charge is 0.321 e. The number of carbonyl (C=O) groups is 2. The summed E-state index contributed by atoms with van der Waals surface area (Å²) in [7, 11) is 0. The molecule has 1 atom stereocenters. The highest BCUT2D eigenvalue weighted by atomic mass is 16.6. The third kappa shape index (κ3) is 6.42. The Morgan fingerprint density at radius 3 is 2.10 bits per heavy atom. The summed E-state index contributed by atoms with van der Waals surface area (Å²) >= 11 is 0. The molecule has 4 nitrogen and oxygen atoms in total. The van der Waals surface area contributed by atoms with Crippen molar-refractivity contribution in [3.05, 3.63) is 12.7 Å². The summed E-state index contributed by atoms with van der Waals surface area (Å²) < 4.78 is 9.85. The highest BCUT2D eigenvalue weighted by Crippen LogP contribution is 2.17. The Kier molecular flexibility index (Phi) is 10.1. The Labute approximate surface area is 121 Å². The second-order valence-corrected chi connectivity index (χ2v) is 4.17. The summed E-state index contributed by atoms with van der Waals surface area (Å²) in [4.78, 5) is 23.8. The zero-order valence-corrected chi connectivity index (χ0v) is 12.6. The van der Waals surface area contributed by atoms with Gasteiger partial charge in [-0.25, -0.2) is 0 Å². The summed E-state index contributed by atoms with van der Waals surface area (Å²) in [5.41, 5.74) is 0. The van der Waals surface area contributed by atoms with Crippen LogP contribution >= 0.6 is 0 Å². The molecule has 0 aliphatic heterocycles. The van der Waals surface area contributed by atoms with Gasteiger partial charge < -0.3 is 9.47 Å². The maximum Gasteiger partial charge on any atom is 0.321 e. The van der Waals surface area contributed by atoms with E-state index in [9.17, 15) is 9.59 Å². The second-order valence-electron chi connectivity index (χ2n) is 4.17. The lowest BCUT2D eigenvalue weighted by molar-refractivity contribution is -0.162. The number of carbonyl (C=O) groups excluding carboxylic acids is 2. The molecule has 0 aliphatic carbocycles. The van der Waals surface area contributed by atoms with Crippen molar-refractivity contribution in [1.82, 2.24) is 0 Å². The van der Waals surface area contributed by atoms with Gasteiger partial charge in [-0.2, -0.15) is 0 Å². The fourth-order valence-electron chi connectivity index (χ4n) is 1.59. The van der Waals surface area contributed by atoms with Gasteiger partial charge in [-0.1, -0.05) is 25.3 Å². The number of hydrogen-bond acceptors (Lipinski definition) is 4. The summed E-state index contributed by atoms with van der Waals surface area (Å²) in [6.45, 7) is 9.53. The first-order valence-electron chi connectivity index (χ1n) is 7.06. The zero-order valence-electron chi connectivity index (χ0n) is 12.6. The fraction of sp³-hybridized carbons (Fsp3) is 0.625. The molecule has 0 amide bonds. The lowest BCUT2D eigenvalue weighted by Crippen LogP contribution is -2.33. The molecule has 0 radical (unpaired) electrons. The molecule has 0 N–H and O–H groups in total. The van der Waals surface area contributed by atoms with E-state index in [1.165, 1.54) is 6.08 Å². The third-order valence-electron chi connectivity index (χ3n) is 2.62. The first kappa shape index (κ1) is 18.2. The van der Waals surface area contributed by atoms with Crippen molar-refractivity contribution in [2.45, 2.75) is 40.0 Å². The average Bonchev–Trinajstić information content (AvgIpc) is 2.42. The topological polar surface area (TPSA) is 52.6 Å². The predicted octanol–water partition coefficient (Wildman–Crippen LogP) is 2.72. The standard InChI is InChI=1S/C16H24O4/c1-5-9-10-11-12-13(6-2)14(15(17)19-7-3)16(18)20-8-4/h6,13-14H,2,5,7-10H2,1,3-4H3. The number of ether oxygens (including phenoxy) is 2. The van der Waals surface area contributed by atoms with E-state index in [4.69, 9.17) is 9.47 Å². The van der Waals surface area contributed by atoms with Gasteiger partial charge in [0, 0.05) is 6.42 Å². The van der Waals surface area contributed by atoms with Gasteiger partial charge in [0.15, 0.2) is 5.92 Å². The molecule has 0 spiro atoms. The average molecular weight is 280 g/mol. The van der Waals surface area contributed by atoms with Gasteiger partial charge in [0.2, 0.25) is 0 Å². The van der Waals surface area contributed by atoms with Crippen molar-refractivity contribution < 1.29 is 19.1 Å². The van der Waals surface area contributed by atoms with Crippen LogP contribution in [0, 0.1) is 23.7 Å². The molecule has 4 heteroatoms. The number of allylic oxidation sites excluding steroid dienone is 1. The van der Waals surface area contributed by atoms with E-state index in [0.29, 0.717) is 0 Å². The monoisotopic (exact) mass is 280 g/mol. The molecular formula is C16H24O4. The molecule has 1 unspecified atom stereocenters. The molecule has 0 aromatic carbocycles. The maximum absolute atomic E-state index is 11.9. The van der Waals surface area contributed by atoms with Crippen molar-refractivity contribution in [1.29, 1.82) is 0 Å². The molecule has 112 valence electrons. The second kappa shape index (κ2) is 11.1. The van der Waals surface area contributed by atoms with Crippen LogP contribution < -0.4 is 0 Å². The van der Waals surface area contributed by atoms with Gasteiger partial charge in [-0.15, -0.1) is 12.5 Å². The van der Waals surface area contributed by atoms with Crippen LogP contribution in [-0.4, -0.2) is 25.2 Å². The van der Waals surface area contributed by atoms with Gasteiger partial charge >= 0.3 is 11.9 Å². The first-order chi connectivity index (χ1) is 9.62. The quantitative estimate of drug-likeness (QED) is 0.225. The summed E-state index contributed by atoms with van der Waals surface area (Å²) in [5.74, 6) is 3.03. The van der Waals surface area contributed by atoms with Gasteiger partial charge in [-0.05, 0) is 20.3 Å². The Hall–Kier alpha value is -1.76. The van der Waals surface area contributed by atoms with Gasteiger partial charge in [0.1, 0.15) is 0 Å². The number of hydrogen-bond donors (Lipinski definition) is 0. The lowest BCUT2D eigenvalue weighted by atomic mass is 9.92. The van der Waals surface area contributed by atoms with E-state index in [-0.39, 0.29) is 13.2 Å². The molecule has 0 fully saturated rings. The highest BCUT2D eigenvalue weighted by Gasteiger charge is 2.35. The summed E-state index contributed by atoms with van der Waals surface area (Å²) in [5, 5.41) is 0. The first-order valence-corrected chi connectivity index (χ1v) is 7.06. The molecule has 0 rings (SSSR count). The fourth-order valence-corrected chi connectivity index (χ4v) is 1.59. The van der Waals surface area contributed by atoms with Crippen LogP contribution in [0.1, 0.15) is 40.0 Å². The highest BCUT2D eigenvalue weighted by molar-refractivity contribution is 5.96. The maximum atomic E-state index is 11.9. The molecule has 0 bridgehead atoms. The lowest BCUT2D eigenvalue weighted by Gasteiger charge is -2.17. The molecule has 0 saturated heterocycles. The van der Waals surface area contributed by atoms with Crippen LogP contribution in [0.4, 0.5) is 0 Å². The SMILES string of the molecule is C=CC(C#CCCCC)C(C(=O)OCC)C(=O)OCC. The van der Waals surface area contributed by atoms with Crippen molar-refractivity contribution in [3.8, 4) is 11.8 Å². The molecule has 0 aromatic rings. The number of unbranched alkanes of at least 4 members (excludes halogenated alkanes) is 2. The van der Waals surface area contributed by atoms with E-state index >= 15 is 0 Å². The number of rotatable bonds is 8. The molecule has 0 aliphatic rings. The van der Waals surface area contributed by atoms with Crippen LogP contribution in [0.3, 0.4) is 0 Å². The number of esters is 2. The summed E-state index contributed by atoms with van der Waals surface area (Å²) in [6, 6.07) is 0. The van der Waals surface area contributed by atoms with E-state index in [0.717, 1.165) is 19.3 Å². The van der Waals surface area contributed by atoms with Gasteiger partial charge in [0.25, 0.3) is 0 Å². The van der Waals surface area contributed by atoms with Crippen molar-refractivity contribution in [3.63, 3.8) is 0 Å². The minimum atomic E-state index is -1.05. The Balaban J connectivity index is 5.01. The normalized spacial score (nSPS) is 11.2. The Morgan fingerprint density at radius 1 is 1.15 bits per heavy atom. The minimum absolute atomic E-state index is 0.210. The molecule has 0 saturated carbocycles. The van der Waals surface area contributed by atoms with Crippen LogP contribution in [0.5, 0.6) is 0 Å². The summed E-state index contributed by atoms with van der Waals surface area (Å²) in [6.07, 6.45) is 4.27. The third-order valence-corrected chi connectivity index (χ3v) is 2.62. The van der Waals surface area contributed by atoms with Crippen LogP contribution in [-0.2, 0) is 19.1 Å². The van der Waals surface area contributed by atoms with Crippen molar-refractivity contribution in [2.24, 2.45) is 11.8 Å². The van der Waals surface area contributed by atoms with E-state index in [1.54, 1.807) is 13.8 Å².